The Morgan fingerprint density at radius 2 is 1.28 bits per heavy atom. The van der Waals surface area contributed by atoms with Crippen molar-refractivity contribution >= 4 is 29.7 Å². The second kappa shape index (κ2) is 30.2. The number of ether oxygens (including phenoxy) is 5. The molecule has 2 rings (SSSR count). The summed E-state index contributed by atoms with van der Waals surface area (Å²) in [7, 11) is 1.68. The minimum Gasteiger partial charge on any atom is -0.501 e. The topological polar surface area (TPSA) is 132 Å². The Labute approximate surface area is 322 Å². The average Bonchev–Trinajstić information content (AvgIpc) is 3.17. The predicted octanol–water partition coefficient (Wildman–Crippen LogP) is 9.61. The highest BCUT2D eigenvalue weighted by Crippen LogP contribution is 2.25. The van der Waals surface area contributed by atoms with Crippen LogP contribution in [0.3, 0.4) is 0 Å². The number of Topliss-reactive ketones (excluding diaryl/α,β-unsaturated/α-hetero) is 1. The van der Waals surface area contributed by atoms with Crippen LogP contribution in [0.5, 0.6) is 0 Å². The molecule has 0 aliphatic carbocycles. The van der Waals surface area contributed by atoms with Crippen molar-refractivity contribution in [3.8, 4) is 11.1 Å². The summed E-state index contributed by atoms with van der Waals surface area (Å²) in [5.74, 6) is -0.751. The van der Waals surface area contributed by atoms with Gasteiger partial charge in [0.25, 0.3) is 0 Å². The zero-order valence-corrected chi connectivity index (χ0v) is 33.3. The van der Waals surface area contributed by atoms with E-state index in [9.17, 15) is 24.0 Å². The number of hydrogen-bond donors (Lipinski definition) is 0. The van der Waals surface area contributed by atoms with Crippen LogP contribution in [0.25, 0.3) is 11.1 Å². The monoisotopic (exact) mass is 748 g/mol. The summed E-state index contributed by atoms with van der Waals surface area (Å²) in [6, 6.07) is 15.8. The average molecular weight is 749 g/mol. The second-order valence-corrected chi connectivity index (χ2v) is 12.3. The molecule has 1 unspecified atom stereocenters. The molecule has 0 saturated heterocycles. The molecule has 0 heterocycles. The molecule has 2 aromatic carbocycles. The van der Waals surface area contributed by atoms with Crippen molar-refractivity contribution in [3.63, 3.8) is 0 Å². The number of rotatable bonds is 21. The van der Waals surface area contributed by atoms with Gasteiger partial charge in [-0.05, 0) is 94.2 Å². The van der Waals surface area contributed by atoms with Crippen LogP contribution in [0.2, 0.25) is 0 Å². The number of hydrogen-bond acceptors (Lipinski definition) is 10. The molecular formula is C44H60O10. The highest BCUT2D eigenvalue weighted by Gasteiger charge is 2.14. The SMILES string of the molecule is C=CC(=O)OC=C(C)C(CCCOC(=O)c1ccc(-c2ccc(C)cc2)cc1)CCC/C(=C\C)OC.C=CC(=O)OCCOC(=O)CCC(C)=O.CCC. The quantitative estimate of drug-likeness (QED) is 0.0400. The van der Waals surface area contributed by atoms with E-state index in [1.54, 1.807) is 19.2 Å². The third-order valence-corrected chi connectivity index (χ3v) is 7.61. The number of ketones is 1. The maximum absolute atomic E-state index is 12.5. The standard InChI is InChI=1S/C31H38O5.C10H14O5.C3H8/c1-6-29(34-5)12-8-10-25(24(4)22-36-30(32)7-2)11-9-21-35-31(33)28-19-17-27(18-20-28)26-15-13-23(3)14-16-26;1-3-9(12)14-6-7-15-10(13)5-4-8(2)11;1-3-2/h6-7,13-20,22,25H,2,8-12,21H2,1,3-5H3;3H,1,4-7H2,2H3;3H2,1-2H3/b24-22?,29-6+;;. The maximum atomic E-state index is 12.5. The molecule has 0 spiro atoms. The van der Waals surface area contributed by atoms with Gasteiger partial charge in [0, 0.05) is 25.0 Å². The van der Waals surface area contributed by atoms with Gasteiger partial charge in [-0.2, -0.15) is 0 Å². The molecule has 10 nitrogen and oxygen atoms in total. The van der Waals surface area contributed by atoms with Crippen molar-refractivity contribution in [2.24, 2.45) is 5.92 Å². The molecule has 0 aliphatic heterocycles. The largest absolute Gasteiger partial charge is 0.501 e. The van der Waals surface area contributed by atoms with Crippen LogP contribution in [0.4, 0.5) is 0 Å². The minimum atomic E-state index is -0.560. The van der Waals surface area contributed by atoms with Crippen LogP contribution in [0, 0.1) is 12.8 Å². The Kier molecular flexibility index (Phi) is 27.3. The van der Waals surface area contributed by atoms with Gasteiger partial charge < -0.3 is 28.5 Å². The van der Waals surface area contributed by atoms with Crippen LogP contribution >= 0.6 is 0 Å². The molecule has 1 atom stereocenters. The highest BCUT2D eigenvalue weighted by atomic mass is 16.6. The lowest BCUT2D eigenvalue weighted by Crippen LogP contribution is -2.13. The van der Waals surface area contributed by atoms with Crippen molar-refractivity contribution in [3.05, 3.63) is 109 Å². The molecule has 0 fully saturated rings. The third kappa shape index (κ3) is 23.3. The highest BCUT2D eigenvalue weighted by molar-refractivity contribution is 5.90. The number of methoxy groups -OCH3 is 1. The van der Waals surface area contributed by atoms with Crippen LogP contribution in [-0.4, -0.2) is 56.6 Å². The Morgan fingerprint density at radius 3 is 1.81 bits per heavy atom. The summed E-state index contributed by atoms with van der Waals surface area (Å²) in [5, 5.41) is 0. The second-order valence-electron chi connectivity index (χ2n) is 12.3. The van der Waals surface area contributed by atoms with Gasteiger partial charge in [-0.15, -0.1) is 0 Å². The first-order valence-corrected chi connectivity index (χ1v) is 18.3. The van der Waals surface area contributed by atoms with E-state index >= 15 is 0 Å². The van der Waals surface area contributed by atoms with E-state index in [1.165, 1.54) is 25.2 Å². The van der Waals surface area contributed by atoms with Crippen LogP contribution in [0.15, 0.2) is 97.5 Å². The van der Waals surface area contributed by atoms with Crippen molar-refractivity contribution in [2.75, 3.05) is 26.9 Å². The van der Waals surface area contributed by atoms with Crippen molar-refractivity contribution in [1.82, 2.24) is 0 Å². The first-order chi connectivity index (χ1) is 25.8. The fraction of sp³-hybridized carbons (Fsp3) is 0.432. The van der Waals surface area contributed by atoms with E-state index in [0.717, 1.165) is 60.3 Å². The minimum absolute atomic E-state index is 0.00331. The molecule has 2 aromatic rings. The molecule has 10 heteroatoms. The van der Waals surface area contributed by atoms with Crippen molar-refractivity contribution in [2.45, 2.75) is 92.9 Å². The van der Waals surface area contributed by atoms with Crippen molar-refractivity contribution < 1.29 is 47.7 Å². The smallest absolute Gasteiger partial charge is 0.338 e. The van der Waals surface area contributed by atoms with Gasteiger partial charge in [-0.1, -0.05) is 75.4 Å². The fourth-order valence-electron chi connectivity index (χ4n) is 4.61. The molecule has 54 heavy (non-hydrogen) atoms. The summed E-state index contributed by atoms with van der Waals surface area (Å²) in [4.78, 5) is 55.9. The summed E-state index contributed by atoms with van der Waals surface area (Å²) in [6.07, 6.45) is 11.3. The molecule has 296 valence electrons. The van der Waals surface area contributed by atoms with Gasteiger partial charge in [0.15, 0.2) is 0 Å². The number of benzene rings is 2. The normalized spacial score (nSPS) is 11.2. The maximum Gasteiger partial charge on any atom is 0.338 e. The lowest BCUT2D eigenvalue weighted by atomic mass is 9.90. The number of carbonyl (C=O) groups excluding carboxylic acids is 5. The number of esters is 4. The Hall–Kier alpha value is -5.25. The lowest BCUT2D eigenvalue weighted by Gasteiger charge is -2.18. The zero-order valence-electron chi connectivity index (χ0n) is 33.3. The van der Waals surface area contributed by atoms with Gasteiger partial charge >= 0.3 is 23.9 Å². The first kappa shape index (κ1) is 48.8. The van der Waals surface area contributed by atoms with Crippen molar-refractivity contribution in [1.29, 1.82) is 0 Å². The molecule has 0 N–H and O–H groups in total. The first-order valence-electron chi connectivity index (χ1n) is 18.3. The van der Waals surface area contributed by atoms with E-state index in [2.05, 4.69) is 67.7 Å². The Balaban J connectivity index is 0.00000130. The Morgan fingerprint density at radius 1 is 0.722 bits per heavy atom. The van der Waals surface area contributed by atoms with Crippen LogP contribution in [-0.2, 0) is 42.9 Å². The summed E-state index contributed by atoms with van der Waals surface area (Å²) < 4.78 is 25.2. The van der Waals surface area contributed by atoms with Gasteiger partial charge in [-0.25, -0.2) is 14.4 Å². The number of carbonyl (C=O) groups is 5. The van der Waals surface area contributed by atoms with Gasteiger partial charge in [0.05, 0.1) is 37.7 Å². The predicted molar refractivity (Wildman–Crippen MR) is 212 cm³/mol. The summed E-state index contributed by atoms with van der Waals surface area (Å²) in [5.41, 5.74) is 4.89. The van der Waals surface area contributed by atoms with E-state index in [4.69, 9.17) is 14.2 Å². The molecule has 0 aliphatic rings. The van der Waals surface area contributed by atoms with Crippen LogP contribution < -0.4 is 0 Å². The number of allylic oxidation sites excluding steroid dienone is 3. The Bertz CT molecular complexity index is 1500. The van der Waals surface area contributed by atoms with E-state index in [-0.39, 0.29) is 43.7 Å². The van der Waals surface area contributed by atoms with Gasteiger partial charge in [0.2, 0.25) is 0 Å². The molecule has 0 amide bonds. The molecule has 0 aromatic heterocycles. The van der Waals surface area contributed by atoms with E-state index < -0.39 is 17.9 Å². The fourth-order valence-corrected chi connectivity index (χ4v) is 4.61. The van der Waals surface area contributed by atoms with Crippen LogP contribution in [0.1, 0.15) is 102 Å². The third-order valence-electron chi connectivity index (χ3n) is 7.61. The van der Waals surface area contributed by atoms with Gasteiger partial charge in [0.1, 0.15) is 19.0 Å². The zero-order chi connectivity index (χ0) is 40.7. The molecule has 0 radical (unpaired) electrons. The summed E-state index contributed by atoms with van der Waals surface area (Å²) >= 11 is 0. The van der Waals surface area contributed by atoms with E-state index in [0.29, 0.717) is 18.6 Å². The molecular weight excluding hydrogens is 688 g/mol. The van der Waals surface area contributed by atoms with E-state index in [1.807, 2.05) is 32.1 Å². The number of aryl methyl sites for hydroxylation is 1. The molecule has 0 bridgehead atoms. The molecule has 0 saturated carbocycles. The lowest BCUT2D eigenvalue weighted by molar-refractivity contribution is -0.150. The summed E-state index contributed by atoms with van der Waals surface area (Å²) in [6.45, 7) is 18.6. The van der Waals surface area contributed by atoms with Gasteiger partial charge in [-0.3, -0.25) is 4.79 Å².